The standard InChI is InChI=1S/C18H34N2O/c1-18(2)12-10-16(11-13-18)20(3)17(21)9-6-14-4-7-15(19)8-5-14/h14-16H,4-13,19H2,1-3H3. The van der Waals surface area contributed by atoms with Gasteiger partial charge < -0.3 is 10.6 Å². The minimum atomic E-state index is 0.356. The topological polar surface area (TPSA) is 46.3 Å². The highest BCUT2D eigenvalue weighted by Gasteiger charge is 2.30. The van der Waals surface area contributed by atoms with E-state index in [-0.39, 0.29) is 0 Å². The summed E-state index contributed by atoms with van der Waals surface area (Å²) in [5.74, 6) is 1.09. The van der Waals surface area contributed by atoms with E-state index in [0.29, 0.717) is 23.4 Å². The third kappa shape index (κ3) is 4.98. The first-order chi connectivity index (χ1) is 9.87. The van der Waals surface area contributed by atoms with Crippen molar-refractivity contribution in [3.8, 4) is 0 Å². The van der Waals surface area contributed by atoms with Crippen molar-refractivity contribution in [3.63, 3.8) is 0 Å². The number of carbonyl (C=O) groups is 1. The first-order valence-corrected chi connectivity index (χ1v) is 8.88. The predicted molar refractivity (Wildman–Crippen MR) is 88.0 cm³/mol. The zero-order valence-electron chi connectivity index (χ0n) is 14.2. The Morgan fingerprint density at radius 3 is 2.24 bits per heavy atom. The number of nitrogens with two attached hydrogens (primary N) is 1. The Balaban J connectivity index is 1.70. The quantitative estimate of drug-likeness (QED) is 0.859. The summed E-state index contributed by atoms with van der Waals surface area (Å²) < 4.78 is 0. The summed E-state index contributed by atoms with van der Waals surface area (Å²) in [4.78, 5) is 14.5. The van der Waals surface area contributed by atoms with Crippen LogP contribution >= 0.6 is 0 Å². The molecule has 2 fully saturated rings. The number of hydrogen-bond acceptors (Lipinski definition) is 2. The van der Waals surface area contributed by atoms with Crippen molar-refractivity contribution >= 4 is 5.91 Å². The zero-order chi connectivity index (χ0) is 15.5. The third-order valence-corrected chi connectivity index (χ3v) is 5.91. The van der Waals surface area contributed by atoms with Gasteiger partial charge in [0.05, 0.1) is 0 Å². The van der Waals surface area contributed by atoms with Gasteiger partial charge in [0.1, 0.15) is 0 Å². The van der Waals surface area contributed by atoms with Crippen LogP contribution in [0.2, 0.25) is 0 Å². The molecule has 0 aromatic carbocycles. The van der Waals surface area contributed by atoms with Crippen LogP contribution in [0.25, 0.3) is 0 Å². The van der Waals surface area contributed by atoms with Crippen molar-refractivity contribution in [2.75, 3.05) is 7.05 Å². The normalized spacial score (nSPS) is 30.1. The van der Waals surface area contributed by atoms with Gasteiger partial charge in [0, 0.05) is 25.6 Å². The fourth-order valence-electron chi connectivity index (χ4n) is 3.96. The maximum absolute atomic E-state index is 12.4. The Kier molecular flexibility index (Phi) is 5.70. The van der Waals surface area contributed by atoms with E-state index in [1.54, 1.807) is 0 Å². The molecule has 21 heavy (non-hydrogen) atoms. The molecule has 0 spiro atoms. The van der Waals surface area contributed by atoms with Crippen molar-refractivity contribution in [3.05, 3.63) is 0 Å². The summed E-state index contributed by atoms with van der Waals surface area (Å²) in [5.41, 5.74) is 6.42. The van der Waals surface area contributed by atoms with Crippen molar-refractivity contribution < 1.29 is 4.79 Å². The third-order valence-electron chi connectivity index (χ3n) is 5.91. The molecule has 0 saturated heterocycles. The molecule has 0 aromatic heterocycles. The first-order valence-electron chi connectivity index (χ1n) is 8.88. The lowest BCUT2D eigenvalue weighted by molar-refractivity contribution is -0.133. The van der Waals surface area contributed by atoms with E-state index < -0.39 is 0 Å². The Labute approximate surface area is 130 Å². The lowest BCUT2D eigenvalue weighted by Crippen LogP contribution is -2.41. The van der Waals surface area contributed by atoms with Gasteiger partial charge in [-0.2, -0.15) is 0 Å². The van der Waals surface area contributed by atoms with Crippen LogP contribution in [0.1, 0.15) is 78.1 Å². The maximum Gasteiger partial charge on any atom is 0.222 e. The SMILES string of the molecule is CN(C(=O)CCC1CCC(N)CC1)C1CCC(C)(C)CC1. The number of nitrogens with zero attached hydrogens (tertiary/aromatic N) is 1. The minimum absolute atomic E-state index is 0.356. The van der Waals surface area contributed by atoms with Crippen LogP contribution in [0.3, 0.4) is 0 Å². The van der Waals surface area contributed by atoms with Gasteiger partial charge in [-0.3, -0.25) is 4.79 Å². The van der Waals surface area contributed by atoms with Gasteiger partial charge in [0.15, 0.2) is 0 Å². The lowest BCUT2D eigenvalue weighted by Gasteiger charge is -2.38. The summed E-state index contributed by atoms with van der Waals surface area (Å²) in [7, 11) is 2.02. The monoisotopic (exact) mass is 294 g/mol. The smallest absolute Gasteiger partial charge is 0.222 e. The highest BCUT2D eigenvalue weighted by molar-refractivity contribution is 5.76. The average molecular weight is 294 g/mol. The molecule has 0 radical (unpaired) electrons. The zero-order valence-corrected chi connectivity index (χ0v) is 14.2. The molecule has 2 N–H and O–H groups in total. The van der Waals surface area contributed by atoms with Gasteiger partial charge in [-0.15, -0.1) is 0 Å². The van der Waals surface area contributed by atoms with Crippen LogP contribution < -0.4 is 5.73 Å². The van der Waals surface area contributed by atoms with Crippen LogP contribution in [0.5, 0.6) is 0 Å². The van der Waals surface area contributed by atoms with E-state index in [1.165, 1.54) is 38.5 Å². The summed E-state index contributed by atoms with van der Waals surface area (Å²) >= 11 is 0. The summed E-state index contributed by atoms with van der Waals surface area (Å²) in [5, 5.41) is 0. The van der Waals surface area contributed by atoms with Crippen LogP contribution in [0.4, 0.5) is 0 Å². The minimum Gasteiger partial charge on any atom is -0.343 e. The first kappa shape index (κ1) is 16.8. The molecule has 2 rings (SSSR count). The molecule has 122 valence electrons. The fraction of sp³-hybridized carbons (Fsp3) is 0.944. The molecular formula is C18H34N2O. The van der Waals surface area contributed by atoms with E-state index in [1.807, 2.05) is 11.9 Å². The molecule has 0 bridgehead atoms. The van der Waals surface area contributed by atoms with E-state index in [0.717, 1.165) is 31.6 Å². The molecule has 2 aliphatic carbocycles. The van der Waals surface area contributed by atoms with E-state index in [9.17, 15) is 4.79 Å². The molecule has 2 saturated carbocycles. The van der Waals surface area contributed by atoms with Gasteiger partial charge >= 0.3 is 0 Å². The average Bonchev–Trinajstić information content (AvgIpc) is 2.45. The second kappa shape index (κ2) is 7.13. The van der Waals surface area contributed by atoms with Gasteiger partial charge in [0.2, 0.25) is 5.91 Å². The fourth-order valence-corrected chi connectivity index (χ4v) is 3.96. The molecule has 2 aliphatic rings. The molecule has 1 amide bonds. The highest BCUT2D eigenvalue weighted by Crippen LogP contribution is 2.37. The van der Waals surface area contributed by atoms with E-state index >= 15 is 0 Å². The molecular weight excluding hydrogens is 260 g/mol. The summed E-state index contributed by atoms with van der Waals surface area (Å²) in [6.07, 6.45) is 11.4. The summed E-state index contributed by atoms with van der Waals surface area (Å²) in [6, 6.07) is 0.885. The number of hydrogen-bond donors (Lipinski definition) is 1. The molecule has 0 heterocycles. The molecule has 3 nitrogen and oxygen atoms in total. The van der Waals surface area contributed by atoms with E-state index in [4.69, 9.17) is 5.73 Å². The number of carbonyl (C=O) groups excluding carboxylic acids is 1. The van der Waals surface area contributed by atoms with Gasteiger partial charge in [-0.25, -0.2) is 0 Å². The second-order valence-electron chi connectivity index (χ2n) is 8.22. The molecule has 0 aliphatic heterocycles. The molecule has 0 atom stereocenters. The highest BCUT2D eigenvalue weighted by atomic mass is 16.2. The van der Waals surface area contributed by atoms with Gasteiger partial charge in [-0.05, 0) is 69.1 Å². The van der Waals surface area contributed by atoms with Crippen LogP contribution in [-0.4, -0.2) is 29.9 Å². The largest absolute Gasteiger partial charge is 0.343 e. The van der Waals surface area contributed by atoms with Crippen LogP contribution in [-0.2, 0) is 4.79 Å². The Bertz CT molecular complexity index is 335. The van der Waals surface area contributed by atoms with Crippen LogP contribution in [0, 0.1) is 11.3 Å². The number of amides is 1. The van der Waals surface area contributed by atoms with Crippen LogP contribution in [0.15, 0.2) is 0 Å². The molecule has 0 aromatic rings. The maximum atomic E-state index is 12.4. The predicted octanol–water partition coefficient (Wildman–Crippen LogP) is 3.71. The lowest BCUT2D eigenvalue weighted by atomic mass is 9.75. The second-order valence-corrected chi connectivity index (χ2v) is 8.22. The Hall–Kier alpha value is -0.570. The summed E-state index contributed by atoms with van der Waals surface area (Å²) in [6.45, 7) is 4.69. The molecule has 3 heteroatoms. The van der Waals surface area contributed by atoms with Crippen molar-refractivity contribution in [2.24, 2.45) is 17.1 Å². The number of rotatable bonds is 4. The Morgan fingerprint density at radius 2 is 1.67 bits per heavy atom. The van der Waals surface area contributed by atoms with Crippen molar-refractivity contribution in [1.29, 1.82) is 0 Å². The molecule has 0 unspecified atom stereocenters. The van der Waals surface area contributed by atoms with Crippen molar-refractivity contribution in [1.82, 2.24) is 4.90 Å². The Morgan fingerprint density at radius 1 is 1.10 bits per heavy atom. The van der Waals surface area contributed by atoms with Gasteiger partial charge in [0.25, 0.3) is 0 Å². The van der Waals surface area contributed by atoms with Crippen molar-refractivity contribution in [2.45, 2.75) is 90.1 Å². The van der Waals surface area contributed by atoms with E-state index in [2.05, 4.69) is 13.8 Å². The van der Waals surface area contributed by atoms with Gasteiger partial charge in [-0.1, -0.05) is 13.8 Å².